The Morgan fingerprint density at radius 3 is 2.47 bits per heavy atom. The number of nitrogens with two attached hydrogens (primary N) is 1. The fraction of sp³-hybridized carbons (Fsp3) is 0.429. The Morgan fingerprint density at radius 2 is 1.89 bits per heavy atom. The van der Waals surface area contributed by atoms with Gasteiger partial charge in [-0.05, 0) is 36.4 Å². The molecule has 0 amide bonds. The van der Waals surface area contributed by atoms with Gasteiger partial charge in [0.2, 0.25) is 5.12 Å². The maximum atomic E-state index is 12.1. The van der Waals surface area contributed by atoms with Gasteiger partial charge in [-0.3, -0.25) is 4.79 Å². The zero-order valence-corrected chi connectivity index (χ0v) is 13.0. The maximum Gasteiger partial charge on any atom is 0.244 e. The molecule has 0 aliphatic heterocycles. The molecular formula is C14H20N2OS2. The highest BCUT2D eigenvalue weighted by molar-refractivity contribution is 8.24. The third kappa shape index (κ3) is 6.16. The van der Waals surface area contributed by atoms with Crippen molar-refractivity contribution in [3.05, 3.63) is 24.3 Å². The van der Waals surface area contributed by atoms with Crippen LogP contribution in [0.4, 0.5) is 11.4 Å². The van der Waals surface area contributed by atoms with E-state index in [1.54, 1.807) is 12.1 Å². The monoisotopic (exact) mass is 296 g/mol. The van der Waals surface area contributed by atoms with E-state index >= 15 is 0 Å². The molecular weight excluding hydrogens is 276 g/mol. The number of anilines is 1. The number of aliphatic imine (C=N–C) groups is 1. The number of rotatable bonds is 5. The smallest absolute Gasteiger partial charge is 0.244 e. The van der Waals surface area contributed by atoms with Crippen LogP contribution in [0.1, 0.15) is 26.7 Å². The molecule has 0 radical (unpaired) electrons. The Hall–Kier alpha value is -0.940. The summed E-state index contributed by atoms with van der Waals surface area (Å²) < 4.78 is 0. The third-order valence-corrected chi connectivity index (χ3v) is 4.23. The number of unbranched alkanes of at least 4 members (excludes halogenated alkanes) is 1. The highest BCUT2D eigenvalue weighted by atomic mass is 32.2. The van der Waals surface area contributed by atoms with Gasteiger partial charge in [-0.15, -0.1) is 11.8 Å². The van der Waals surface area contributed by atoms with E-state index < -0.39 is 0 Å². The number of benzene rings is 1. The van der Waals surface area contributed by atoms with Crippen molar-refractivity contribution in [2.45, 2.75) is 26.7 Å². The Kier molecular flexibility index (Phi) is 7.67. The fourth-order valence-corrected chi connectivity index (χ4v) is 3.01. The molecule has 0 aliphatic carbocycles. The molecule has 1 aromatic carbocycles. The SMILES string of the molecule is CCCCSC(=O)C(=Nc1ccc(N)cc1)SCC. The predicted molar refractivity (Wildman–Crippen MR) is 88.5 cm³/mol. The number of carbonyl (C=O) groups is 1. The predicted octanol–water partition coefficient (Wildman–Crippen LogP) is 4.11. The molecule has 1 rings (SSSR count). The number of hydrogen-bond donors (Lipinski definition) is 1. The van der Waals surface area contributed by atoms with Crippen molar-refractivity contribution in [3.8, 4) is 0 Å². The lowest BCUT2D eigenvalue weighted by atomic mass is 10.3. The molecule has 5 heteroatoms. The van der Waals surface area contributed by atoms with Crippen LogP contribution in [-0.4, -0.2) is 21.7 Å². The van der Waals surface area contributed by atoms with Crippen LogP contribution in [0.5, 0.6) is 0 Å². The number of carbonyl (C=O) groups excluding carboxylic acids is 1. The molecule has 0 saturated carbocycles. The minimum absolute atomic E-state index is 0.0668. The molecule has 2 N–H and O–H groups in total. The first-order valence-electron chi connectivity index (χ1n) is 6.41. The topological polar surface area (TPSA) is 55.5 Å². The summed E-state index contributed by atoms with van der Waals surface area (Å²) in [6, 6.07) is 7.24. The van der Waals surface area contributed by atoms with E-state index in [-0.39, 0.29) is 5.12 Å². The van der Waals surface area contributed by atoms with Gasteiger partial charge in [-0.2, -0.15) is 0 Å². The van der Waals surface area contributed by atoms with Gasteiger partial charge in [-0.25, -0.2) is 4.99 Å². The summed E-state index contributed by atoms with van der Waals surface area (Å²) in [6.45, 7) is 4.14. The summed E-state index contributed by atoms with van der Waals surface area (Å²) in [5, 5.41) is 0.644. The van der Waals surface area contributed by atoms with Gasteiger partial charge in [-0.1, -0.05) is 32.0 Å². The lowest BCUT2D eigenvalue weighted by Crippen LogP contribution is -2.07. The van der Waals surface area contributed by atoms with Crippen LogP contribution in [0.25, 0.3) is 0 Å². The zero-order chi connectivity index (χ0) is 14.1. The quantitative estimate of drug-likeness (QED) is 0.384. The Balaban J connectivity index is 2.75. The Bertz CT molecular complexity index is 430. The van der Waals surface area contributed by atoms with Gasteiger partial charge in [0.25, 0.3) is 0 Å². The lowest BCUT2D eigenvalue weighted by molar-refractivity contribution is -0.105. The second-order valence-electron chi connectivity index (χ2n) is 3.93. The molecule has 0 heterocycles. The molecule has 0 atom stereocenters. The minimum Gasteiger partial charge on any atom is -0.399 e. The van der Waals surface area contributed by atoms with Crippen molar-refractivity contribution in [2.24, 2.45) is 4.99 Å². The van der Waals surface area contributed by atoms with Gasteiger partial charge < -0.3 is 5.73 Å². The Morgan fingerprint density at radius 1 is 1.21 bits per heavy atom. The van der Waals surface area contributed by atoms with E-state index in [4.69, 9.17) is 5.73 Å². The van der Waals surface area contributed by atoms with E-state index in [1.807, 2.05) is 19.1 Å². The van der Waals surface area contributed by atoms with Gasteiger partial charge >= 0.3 is 0 Å². The molecule has 0 saturated heterocycles. The number of nitrogen functional groups attached to an aromatic ring is 1. The van der Waals surface area contributed by atoms with Crippen molar-refractivity contribution >= 4 is 45.1 Å². The van der Waals surface area contributed by atoms with E-state index in [0.29, 0.717) is 10.7 Å². The first-order chi connectivity index (χ1) is 9.17. The fourth-order valence-electron chi connectivity index (χ4n) is 1.31. The molecule has 0 bridgehead atoms. The van der Waals surface area contributed by atoms with Crippen LogP contribution in [0.3, 0.4) is 0 Å². The molecule has 0 unspecified atom stereocenters. The minimum atomic E-state index is 0.0668. The third-order valence-electron chi connectivity index (χ3n) is 2.31. The Labute approximate surface area is 123 Å². The van der Waals surface area contributed by atoms with E-state index in [0.717, 1.165) is 30.0 Å². The number of hydrogen-bond acceptors (Lipinski definition) is 5. The molecule has 104 valence electrons. The highest BCUT2D eigenvalue weighted by Crippen LogP contribution is 2.20. The number of thioether (sulfide) groups is 2. The van der Waals surface area contributed by atoms with Crippen molar-refractivity contribution < 1.29 is 4.79 Å². The van der Waals surface area contributed by atoms with Crippen molar-refractivity contribution in [3.63, 3.8) is 0 Å². The number of nitrogens with zero attached hydrogens (tertiary/aromatic N) is 1. The summed E-state index contributed by atoms with van der Waals surface area (Å²) in [7, 11) is 0. The average molecular weight is 296 g/mol. The van der Waals surface area contributed by atoms with Gasteiger partial charge in [0.1, 0.15) is 0 Å². The first kappa shape index (κ1) is 16.1. The van der Waals surface area contributed by atoms with Crippen molar-refractivity contribution in [2.75, 3.05) is 17.2 Å². The second-order valence-corrected chi connectivity index (χ2v) is 6.25. The summed E-state index contributed by atoms with van der Waals surface area (Å²) >= 11 is 2.85. The van der Waals surface area contributed by atoms with Crippen LogP contribution in [0, 0.1) is 0 Å². The average Bonchev–Trinajstić information content (AvgIpc) is 2.41. The summed E-state index contributed by atoms with van der Waals surface area (Å²) in [6.07, 6.45) is 2.16. The normalized spacial score (nSPS) is 11.6. The van der Waals surface area contributed by atoms with Crippen molar-refractivity contribution in [1.29, 1.82) is 0 Å². The standard InChI is InChI=1S/C14H20N2OS2/c1-3-5-10-19-14(17)13(18-4-2)16-12-8-6-11(15)7-9-12/h6-9H,3-5,10,15H2,1-2H3. The summed E-state index contributed by atoms with van der Waals surface area (Å²) in [5.74, 6) is 1.70. The summed E-state index contributed by atoms with van der Waals surface area (Å²) in [5.41, 5.74) is 7.11. The second kappa shape index (κ2) is 9.04. The molecule has 0 fully saturated rings. The first-order valence-corrected chi connectivity index (χ1v) is 8.38. The molecule has 0 aliphatic rings. The molecule has 1 aromatic rings. The molecule has 0 spiro atoms. The summed E-state index contributed by atoms with van der Waals surface area (Å²) in [4.78, 5) is 16.5. The van der Waals surface area contributed by atoms with Crippen molar-refractivity contribution in [1.82, 2.24) is 0 Å². The van der Waals surface area contributed by atoms with Gasteiger partial charge in [0.05, 0.1) is 5.69 Å². The van der Waals surface area contributed by atoms with Gasteiger partial charge in [0.15, 0.2) is 5.04 Å². The van der Waals surface area contributed by atoms with Crippen LogP contribution in [0.2, 0.25) is 0 Å². The largest absolute Gasteiger partial charge is 0.399 e. The van der Waals surface area contributed by atoms with Gasteiger partial charge in [0, 0.05) is 11.4 Å². The molecule has 0 aromatic heterocycles. The van der Waals surface area contributed by atoms with E-state index in [9.17, 15) is 4.79 Å². The van der Waals surface area contributed by atoms with E-state index in [2.05, 4.69) is 11.9 Å². The maximum absolute atomic E-state index is 12.1. The van der Waals surface area contributed by atoms with Crippen LogP contribution < -0.4 is 5.73 Å². The van der Waals surface area contributed by atoms with Crippen LogP contribution in [-0.2, 0) is 4.79 Å². The van der Waals surface area contributed by atoms with Crippen LogP contribution in [0.15, 0.2) is 29.3 Å². The zero-order valence-electron chi connectivity index (χ0n) is 11.4. The highest BCUT2D eigenvalue weighted by Gasteiger charge is 2.12. The molecule has 19 heavy (non-hydrogen) atoms. The van der Waals surface area contributed by atoms with E-state index in [1.165, 1.54) is 23.5 Å². The molecule has 3 nitrogen and oxygen atoms in total. The lowest BCUT2D eigenvalue weighted by Gasteiger charge is -2.04. The van der Waals surface area contributed by atoms with Crippen LogP contribution >= 0.6 is 23.5 Å².